The van der Waals surface area contributed by atoms with E-state index in [1.807, 2.05) is 0 Å². The second kappa shape index (κ2) is 7.25. The van der Waals surface area contributed by atoms with Crippen molar-refractivity contribution in [1.29, 1.82) is 0 Å². The summed E-state index contributed by atoms with van der Waals surface area (Å²) in [5.74, 6) is -2.68. The van der Waals surface area contributed by atoms with Gasteiger partial charge in [-0.2, -0.15) is 0 Å². The molecule has 1 aromatic rings. The van der Waals surface area contributed by atoms with Gasteiger partial charge in [-0.05, 0) is 24.6 Å². The minimum atomic E-state index is -1.34. The van der Waals surface area contributed by atoms with Crippen LogP contribution in [0.5, 0.6) is 0 Å². The number of hydrogen-bond acceptors (Lipinski definition) is 4. The van der Waals surface area contributed by atoms with E-state index < -0.39 is 30.2 Å². The van der Waals surface area contributed by atoms with Crippen LogP contribution in [0.25, 0.3) is 0 Å². The first-order valence-corrected chi connectivity index (χ1v) is 6.05. The number of hydrogen-bond donors (Lipinski definition) is 4. The van der Waals surface area contributed by atoms with Crippen LogP contribution in [0.4, 0.5) is 0 Å². The molecule has 0 heterocycles. The molecule has 0 aliphatic rings. The van der Waals surface area contributed by atoms with Crippen molar-refractivity contribution >= 4 is 17.8 Å². The molecule has 0 aromatic heterocycles. The third kappa shape index (κ3) is 4.36. The molecule has 2 amide bonds. The lowest BCUT2D eigenvalue weighted by Crippen LogP contribution is -2.43. The Morgan fingerprint density at radius 2 is 1.90 bits per heavy atom. The fourth-order valence-electron chi connectivity index (χ4n) is 1.75. The number of carbonyl (C=O) groups is 3. The largest absolute Gasteiger partial charge is 0.480 e. The molecule has 20 heavy (non-hydrogen) atoms. The zero-order valence-electron chi connectivity index (χ0n) is 10.8. The Labute approximate surface area is 115 Å². The number of nitrogens with one attached hydrogen (secondary N) is 1. The molecule has 0 saturated carbocycles. The van der Waals surface area contributed by atoms with Crippen molar-refractivity contribution in [1.82, 2.24) is 5.32 Å². The summed E-state index contributed by atoms with van der Waals surface area (Å²) < 4.78 is 0. The Hall–Kier alpha value is -2.41. The van der Waals surface area contributed by atoms with Crippen molar-refractivity contribution in [2.45, 2.75) is 18.9 Å². The summed E-state index contributed by atoms with van der Waals surface area (Å²) in [5, 5.41) is 11.2. The molecule has 1 atom stereocenters. The van der Waals surface area contributed by atoms with E-state index in [1.54, 1.807) is 24.3 Å². The molecule has 1 rings (SSSR count). The Balaban J connectivity index is 2.88. The average Bonchev–Trinajstić information content (AvgIpc) is 2.38. The zero-order valence-corrected chi connectivity index (χ0v) is 10.8. The molecule has 0 saturated heterocycles. The van der Waals surface area contributed by atoms with E-state index >= 15 is 0 Å². The molecule has 7 heteroatoms. The number of benzene rings is 1. The molecule has 6 N–H and O–H groups in total. The van der Waals surface area contributed by atoms with E-state index in [9.17, 15) is 14.4 Å². The highest BCUT2D eigenvalue weighted by molar-refractivity contribution is 5.98. The van der Waals surface area contributed by atoms with Gasteiger partial charge in [0.2, 0.25) is 5.91 Å². The first kappa shape index (κ1) is 15.6. The third-order valence-electron chi connectivity index (χ3n) is 2.68. The molecular weight excluding hydrogens is 262 g/mol. The van der Waals surface area contributed by atoms with Crippen LogP contribution in [0.15, 0.2) is 24.3 Å². The maximum absolute atomic E-state index is 12.1. The Morgan fingerprint density at radius 3 is 2.45 bits per heavy atom. The second-order valence-corrected chi connectivity index (χ2v) is 4.23. The predicted molar refractivity (Wildman–Crippen MR) is 71.9 cm³/mol. The van der Waals surface area contributed by atoms with Gasteiger partial charge >= 0.3 is 5.97 Å². The Morgan fingerprint density at radius 1 is 1.25 bits per heavy atom. The number of nitrogens with two attached hydrogens (primary N) is 2. The molecule has 0 bridgehead atoms. The van der Waals surface area contributed by atoms with Gasteiger partial charge in [-0.3, -0.25) is 9.59 Å². The Kier molecular flexibility index (Phi) is 5.67. The van der Waals surface area contributed by atoms with Crippen LogP contribution in [0.1, 0.15) is 22.3 Å². The molecule has 0 aliphatic carbocycles. The van der Waals surface area contributed by atoms with Crippen LogP contribution in [-0.2, 0) is 16.0 Å². The van der Waals surface area contributed by atoms with Crippen molar-refractivity contribution < 1.29 is 19.5 Å². The molecule has 7 nitrogen and oxygen atoms in total. The minimum absolute atomic E-state index is 0.341. The van der Waals surface area contributed by atoms with E-state index in [-0.39, 0.29) is 0 Å². The molecule has 108 valence electrons. The fraction of sp³-hybridized carbons (Fsp3) is 0.308. The van der Waals surface area contributed by atoms with Crippen molar-refractivity contribution in [3.63, 3.8) is 0 Å². The van der Waals surface area contributed by atoms with Crippen molar-refractivity contribution in [2.75, 3.05) is 6.54 Å². The summed E-state index contributed by atoms with van der Waals surface area (Å²) in [6.07, 6.45) is 0.0390. The standard InChI is InChI=1S/C13H17N3O4/c14-6-5-8-3-1-2-4-9(8)12(18)16-10(13(19)20)7-11(15)17/h1-4,10H,5-7,14H2,(H2,15,17)(H,16,18)(H,19,20). The van der Waals surface area contributed by atoms with Gasteiger partial charge in [0.05, 0.1) is 6.42 Å². The van der Waals surface area contributed by atoms with E-state index in [0.29, 0.717) is 18.5 Å². The number of rotatable bonds is 7. The van der Waals surface area contributed by atoms with Crippen molar-refractivity contribution in [3.8, 4) is 0 Å². The van der Waals surface area contributed by atoms with Crippen LogP contribution >= 0.6 is 0 Å². The van der Waals surface area contributed by atoms with Gasteiger partial charge in [0.15, 0.2) is 0 Å². The van der Waals surface area contributed by atoms with Gasteiger partial charge in [-0.25, -0.2) is 4.79 Å². The third-order valence-corrected chi connectivity index (χ3v) is 2.68. The molecule has 0 aliphatic heterocycles. The lowest BCUT2D eigenvalue weighted by atomic mass is 10.0. The van der Waals surface area contributed by atoms with Crippen LogP contribution in [0.2, 0.25) is 0 Å². The molecule has 1 unspecified atom stereocenters. The smallest absolute Gasteiger partial charge is 0.326 e. The number of carboxylic acids is 1. The van der Waals surface area contributed by atoms with Crippen LogP contribution in [0.3, 0.4) is 0 Å². The number of carboxylic acid groups (broad SMARTS) is 1. The number of amides is 2. The topological polar surface area (TPSA) is 136 Å². The maximum Gasteiger partial charge on any atom is 0.326 e. The van der Waals surface area contributed by atoms with E-state index in [4.69, 9.17) is 16.6 Å². The summed E-state index contributed by atoms with van der Waals surface area (Å²) in [4.78, 5) is 33.8. The van der Waals surface area contributed by atoms with Crippen LogP contribution in [0, 0.1) is 0 Å². The van der Waals surface area contributed by atoms with Gasteiger partial charge < -0.3 is 21.9 Å². The SMILES string of the molecule is NCCc1ccccc1C(=O)NC(CC(N)=O)C(=O)O. The second-order valence-electron chi connectivity index (χ2n) is 4.23. The van der Waals surface area contributed by atoms with E-state index in [1.165, 1.54) is 0 Å². The summed E-state index contributed by atoms with van der Waals surface area (Å²) in [5.41, 5.74) is 11.5. The Bertz CT molecular complexity index is 516. The number of aliphatic carboxylic acids is 1. The lowest BCUT2D eigenvalue weighted by molar-refractivity contribution is -0.140. The van der Waals surface area contributed by atoms with Crippen LogP contribution < -0.4 is 16.8 Å². The maximum atomic E-state index is 12.1. The average molecular weight is 279 g/mol. The lowest BCUT2D eigenvalue weighted by Gasteiger charge is -2.14. The molecule has 0 radical (unpaired) electrons. The monoisotopic (exact) mass is 279 g/mol. The molecule has 0 fully saturated rings. The minimum Gasteiger partial charge on any atom is -0.480 e. The summed E-state index contributed by atoms with van der Waals surface area (Å²) >= 11 is 0. The summed E-state index contributed by atoms with van der Waals surface area (Å²) in [6.45, 7) is 0.369. The summed E-state index contributed by atoms with van der Waals surface area (Å²) in [6, 6.07) is 5.40. The first-order chi connectivity index (χ1) is 9.45. The molecule has 0 spiro atoms. The van der Waals surface area contributed by atoms with Gasteiger partial charge in [0.25, 0.3) is 5.91 Å². The highest BCUT2D eigenvalue weighted by atomic mass is 16.4. The van der Waals surface area contributed by atoms with Gasteiger partial charge in [-0.1, -0.05) is 18.2 Å². The number of primary amides is 1. The van der Waals surface area contributed by atoms with Gasteiger partial charge in [0.1, 0.15) is 6.04 Å². The van der Waals surface area contributed by atoms with Crippen molar-refractivity contribution in [2.24, 2.45) is 11.5 Å². The highest BCUT2D eigenvalue weighted by Crippen LogP contribution is 2.09. The highest BCUT2D eigenvalue weighted by Gasteiger charge is 2.23. The normalized spacial score (nSPS) is 11.7. The molecule has 1 aromatic carbocycles. The van der Waals surface area contributed by atoms with Gasteiger partial charge in [0, 0.05) is 5.56 Å². The fourth-order valence-corrected chi connectivity index (χ4v) is 1.75. The van der Waals surface area contributed by atoms with Crippen LogP contribution in [-0.4, -0.2) is 35.5 Å². The van der Waals surface area contributed by atoms with E-state index in [2.05, 4.69) is 5.32 Å². The number of carbonyl (C=O) groups excluding carboxylic acids is 2. The first-order valence-electron chi connectivity index (χ1n) is 6.05. The quantitative estimate of drug-likeness (QED) is 0.520. The van der Waals surface area contributed by atoms with E-state index in [0.717, 1.165) is 5.56 Å². The van der Waals surface area contributed by atoms with Gasteiger partial charge in [-0.15, -0.1) is 0 Å². The molecular formula is C13H17N3O4. The summed E-state index contributed by atoms with van der Waals surface area (Å²) in [7, 11) is 0. The predicted octanol–water partition coefficient (Wildman–Crippen LogP) is -0.754. The zero-order chi connectivity index (χ0) is 15.1. The van der Waals surface area contributed by atoms with Crippen molar-refractivity contribution in [3.05, 3.63) is 35.4 Å².